The summed E-state index contributed by atoms with van der Waals surface area (Å²) < 4.78 is 10.3. The summed E-state index contributed by atoms with van der Waals surface area (Å²) in [6.07, 6.45) is 0. The molecule has 0 fully saturated rings. The van der Waals surface area contributed by atoms with E-state index in [1.807, 2.05) is 6.92 Å². The molecule has 2 rings (SSSR count). The van der Waals surface area contributed by atoms with E-state index in [9.17, 15) is 4.79 Å². The van der Waals surface area contributed by atoms with Crippen LogP contribution < -0.4 is 20.1 Å². The van der Waals surface area contributed by atoms with Gasteiger partial charge in [0.1, 0.15) is 17.3 Å². The number of H-pyrrole nitrogens is 1. The number of nitrogens with zero attached hydrogens (tertiary/aromatic N) is 2. The first-order valence-electron chi connectivity index (χ1n) is 6.90. The van der Waals surface area contributed by atoms with Gasteiger partial charge in [-0.25, -0.2) is 9.78 Å². The number of amides is 2. The molecule has 0 aliphatic carbocycles. The largest absolute Gasteiger partial charge is 0.497 e. The van der Waals surface area contributed by atoms with Gasteiger partial charge in [-0.15, -0.1) is 5.10 Å². The van der Waals surface area contributed by atoms with Crippen molar-refractivity contribution in [3.8, 4) is 11.5 Å². The van der Waals surface area contributed by atoms with Crippen LogP contribution in [0, 0.1) is 6.92 Å². The van der Waals surface area contributed by atoms with Crippen molar-refractivity contribution < 1.29 is 14.3 Å². The number of urea groups is 1. The Morgan fingerprint density at radius 3 is 2.52 bits per heavy atom. The Balaban J connectivity index is 1.78. The average Bonchev–Trinajstić information content (AvgIpc) is 2.96. The van der Waals surface area contributed by atoms with Crippen LogP contribution in [0.2, 0.25) is 0 Å². The van der Waals surface area contributed by atoms with Crippen molar-refractivity contribution in [1.82, 2.24) is 20.5 Å². The van der Waals surface area contributed by atoms with Crippen molar-refractivity contribution in [3.63, 3.8) is 0 Å². The van der Waals surface area contributed by atoms with Gasteiger partial charge in [-0.05, 0) is 6.92 Å². The number of carbonyl (C=O) groups is 1. The Bertz CT molecular complexity index is 639. The highest BCUT2D eigenvalue weighted by molar-refractivity contribution is 7.99. The molecule has 0 spiro atoms. The summed E-state index contributed by atoms with van der Waals surface area (Å²) in [4.78, 5) is 16.1. The van der Waals surface area contributed by atoms with Gasteiger partial charge in [0.25, 0.3) is 0 Å². The Morgan fingerprint density at radius 1 is 1.26 bits per heavy atom. The Kier molecular flexibility index (Phi) is 6.10. The van der Waals surface area contributed by atoms with Crippen molar-refractivity contribution >= 4 is 23.5 Å². The monoisotopic (exact) mass is 337 g/mol. The smallest absolute Gasteiger partial charge is 0.319 e. The standard InChI is InChI=1S/C14H19N5O3S/c1-9-16-14(19-18-9)23-5-4-15-13(20)17-10-6-11(21-2)8-12(7-10)22-3/h6-8H,4-5H2,1-3H3,(H2,15,17,20)(H,16,18,19). The zero-order valence-corrected chi connectivity index (χ0v) is 14.0. The molecule has 8 nitrogen and oxygen atoms in total. The summed E-state index contributed by atoms with van der Waals surface area (Å²) in [5, 5.41) is 12.9. The maximum absolute atomic E-state index is 11.9. The molecule has 1 aromatic carbocycles. The highest BCUT2D eigenvalue weighted by Crippen LogP contribution is 2.25. The lowest BCUT2D eigenvalue weighted by molar-refractivity contribution is 0.252. The molecule has 1 aromatic heterocycles. The van der Waals surface area contributed by atoms with Gasteiger partial charge < -0.3 is 20.1 Å². The molecular weight excluding hydrogens is 318 g/mol. The lowest BCUT2D eigenvalue weighted by Gasteiger charge is -2.10. The molecule has 9 heteroatoms. The molecule has 2 aromatic rings. The normalized spacial score (nSPS) is 10.2. The van der Waals surface area contributed by atoms with Crippen LogP contribution >= 0.6 is 11.8 Å². The molecule has 2 amide bonds. The van der Waals surface area contributed by atoms with E-state index in [4.69, 9.17) is 9.47 Å². The van der Waals surface area contributed by atoms with Crippen LogP contribution in [0.25, 0.3) is 0 Å². The summed E-state index contributed by atoms with van der Waals surface area (Å²) in [5.74, 6) is 2.65. The number of anilines is 1. The lowest BCUT2D eigenvalue weighted by atomic mass is 10.3. The zero-order valence-electron chi connectivity index (χ0n) is 13.2. The molecule has 3 N–H and O–H groups in total. The Morgan fingerprint density at radius 2 is 1.96 bits per heavy atom. The Labute approximate surface area is 138 Å². The van der Waals surface area contributed by atoms with E-state index in [1.165, 1.54) is 11.8 Å². The lowest BCUT2D eigenvalue weighted by Crippen LogP contribution is -2.30. The fourth-order valence-corrected chi connectivity index (χ4v) is 2.45. The SMILES string of the molecule is COc1cc(NC(=O)NCCSc2n[nH]c(C)n2)cc(OC)c1. The van der Waals surface area contributed by atoms with Crippen molar-refractivity contribution in [2.45, 2.75) is 12.1 Å². The second kappa shape index (κ2) is 8.28. The first-order chi connectivity index (χ1) is 11.1. The fourth-order valence-electron chi connectivity index (χ4n) is 1.75. The molecule has 23 heavy (non-hydrogen) atoms. The van der Waals surface area contributed by atoms with E-state index in [1.54, 1.807) is 32.4 Å². The van der Waals surface area contributed by atoms with Gasteiger partial charge in [0.05, 0.1) is 14.2 Å². The first-order valence-corrected chi connectivity index (χ1v) is 7.89. The highest BCUT2D eigenvalue weighted by Gasteiger charge is 2.06. The number of methoxy groups -OCH3 is 2. The minimum atomic E-state index is -0.299. The summed E-state index contributed by atoms with van der Waals surface area (Å²) in [6.45, 7) is 2.33. The second-order valence-electron chi connectivity index (χ2n) is 4.53. The number of hydrogen-bond acceptors (Lipinski definition) is 6. The van der Waals surface area contributed by atoms with E-state index in [0.717, 1.165) is 5.82 Å². The fraction of sp³-hybridized carbons (Fsp3) is 0.357. The summed E-state index contributed by atoms with van der Waals surface area (Å²) in [5.41, 5.74) is 0.593. The van der Waals surface area contributed by atoms with E-state index < -0.39 is 0 Å². The molecule has 0 bridgehead atoms. The molecule has 0 saturated heterocycles. The molecule has 0 unspecified atom stereocenters. The van der Waals surface area contributed by atoms with Crippen LogP contribution in [0.15, 0.2) is 23.4 Å². The number of ether oxygens (including phenoxy) is 2. The molecule has 0 atom stereocenters. The molecule has 0 aliphatic heterocycles. The zero-order chi connectivity index (χ0) is 16.7. The van der Waals surface area contributed by atoms with Gasteiger partial charge >= 0.3 is 6.03 Å². The maximum atomic E-state index is 11.9. The topological polar surface area (TPSA) is 101 Å². The average molecular weight is 337 g/mol. The van der Waals surface area contributed by atoms with Crippen molar-refractivity contribution in [2.24, 2.45) is 0 Å². The number of benzene rings is 1. The van der Waals surface area contributed by atoms with E-state index >= 15 is 0 Å². The van der Waals surface area contributed by atoms with Gasteiger partial charge in [0, 0.05) is 36.2 Å². The van der Waals surface area contributed by atoms with Crippen LogP contribution in [0.4, 0.5) is 10.5 Å². The third kappa shape index (κ3) is 5.37. The number of nitrogens with one attached hydrogen (secondary N) is 3. The van der Waals surface area contributed by atoms with Gasteiger partial charge in [0.2, 0.25) is 5.16 Å². The molecule has 0 aliphatic rings. The molecule has 0 saturated carbocycles. The number of aryl methyl sites for hydroxylation is 1. The summed E-state index contributed by atoms with van der Waals surface area (Å²) >= 11 is 1.47. The minimum Gasteiger partial charge on any atom is -0.497 e. The van der Waals surface area contributed by atoms with Crippen LogP contribution in [-0.2, 0) is 0 Å². The van der Waals surface area contributed by atoms with E-state index in [0.29, 0.717) is 34.6 Å². The van der Waals surface area contributed by atoms with Crippen molar-refractivity contribution in [1.29, 1.82) is 0 Å². The predicted octanol–water partition coefficient (Wildman–Crippen LogP) is 2.04. The number of thioether (sulfide) groups is 1. The van der Waals surface area contributed by atoms with Gasteiger partial charge in [0.15, 0.2) is 0 Å². The quantitative estimate of drug-likeness (QED) is 0.528. The second-order valence-corrected chi connectivity index (χ2v) is 5.60. The van der Waals surface area contributed by atoms with Gasteiger partial charge in [-0.2, -0.15) is 0 Å². The third-order valence-corrected chi connectivity index (χ3v) is 3.65. The number of hydrogen-bond donors (Lipinski definition) is 3. The molecular formula is C14H19N5O3S. The molecule has 124 valence electrons. The minimum absolute atomic E-state index is 0.299. The van der Waals surface area contributed by atoms with Gasteiger partial charge in [-0.3, -0.25) is 5.10 Å². The van der Waals surface area contributed by atoms with Crippen LogP contribution in [0.3, 0.4) is 0 Å². The number of aromatic nitrogens is 3. The third-order valence-electron chi connectivity index (χ3n) is 2.80. The number of aromatic amines is 1. The summed E-state index contributed by atoms with van der Waals surface area (Å²) in [6, 6.07) is 4.87. The summed E-state index contributed by atoms with van der Waals surface area (Å²) in [7, 11) is 3.11. The van der Waals surface area contributed by atoms with Crippen molar-refractivity contribution in [3.05, 3.63) is 24.0 Å². The number of carbonyl (C=O) groups excluding carboxylic acids is 1. The number of rotatable bonds is 7. The van der Waals surface area contributed by atoms with E-state index in [-0.39, 0.29) is 6.03 Å². The van der Waals surface area contributed by atoms with Crippen LogP contribution in [0.1, 0.15) is 5.82 Å². The van der Waals surface area contributed by atoms with E-state index in [2.05, 4.69) is 25.8 Å². The maximum Gasteiger partial charge on any atom is 0.319 e. The molecule has 1 heterocycles. The first kappa shape index (κ1) is 16.9. The van der Waals surface area contributed by atoms with Crippen LogP contribution in [-0.4, -0.2) is 47.7 Å². The van der Waals surface area contributed by atoms with Crippen LogP contribution in [0.5, 0.6) is 11.5 Å². The highest BCUT2D eigenvalue weighted by atomic mass is 32.2. The Hall–Kier alpha value is -2.42. The van der Waals surface area contributed by atoms with Crippen molar-refractivity contribution in [2.75, 3.05) is 31.8 Å². The van der Waals surface area contributed by atoms with Gasteiger partial charge in [-0.1, -0.05) is 11.8 Å². The molecule has 0 radical (unpaired) electrons. The predicted molar refractivity (Wildman–Crippen MR) is 88.4 cm³/mol.